The Hall–Kier alpha value is -2.81. The largest absolute Gasteiger partial charge is 0.446 e. The molecular formula is C19H17ClF3N3O3. The number of aryl methyl sites for hydroxylation is 2. The van der Waals surface area contributed by atoms with E-state index in [1.807, 2.05) is 0 Å². The number of hydrogen-bond donors (Lipinski definition) is 0. The van der Waals surface area contributed by atoms with E-state index in [1.54, 1.807) is 25.1 Å². The number of likely N-dealkylation sites (N-methyl/N-ethyl adjacent to an activating group) is 1. The van der Waals surface area contributed by atoms with Crippen molar-refractivity contribution in [1.29, 1.82) is 0 Å². The van der Waals surface area contributed by atoms with Crippen LogP contribution in [0.4, 0.5) is 29.5 Å². The standard InChI is InChI=1S/C19H17ClF3N3O3/c1-10-6-13(4-5-14(10)20)25(3)17(27)15-9-29-18(28)26(15)16-8-12(19(21,22)23)7-11(2)24-16/h4-8,15H,9H2,1-3H3/t15-/m0/s1. The molecule has 2 heterocycles. The second kappa shape index (κ2) is 7.55. The summed E-state index contributed by atoms with van der Waals surface area (Å²) < 4.78 is 44.4. The lowest BCUT2D eigenvalue weighted by molar-refractivity contribution is -0.137. The maximum Gasteiger partial charge on any atom is 0.416 e. The fourth-order valence-electron chi connectivity index (χ4n) is 2.98. The van der Waals surface area contributed by atoms with Crippen LogP contribution in [0.2, 0.25) is 5.02 Å². The van der Waals surface area contributed by atoms with Crippen molar-refractivity contribution in [1.82, 2.24) is 4.98 Å². The predicted octanol–water partition coefficient (Wildman–Crippen LogP) is 4.36. The van der Waals surface area contributed by atoms with Crippen LogP contribution in [0.5, 0.6) is 0 Å². The first kappa shape index (κ1) is 20.9. The molecular weight excluding hydrogens is 411 g/mol. The van der Waals surface area contributed by atoms with E-state index in [2.05, 4.69) is 4.98 Å². The van der Waals surface area contributed by atoms with E-state index in [4.69, 9.17) is 16.3 Å². The van der Waals surface area contributed by atoms with E-state index in [-0.39, 0.29) is 18.1 Å². The lowest BCUT2D eigenvalue weighted by Crippen LogP contribution is -2.47. The number of pyridine rings is 1. The number of halogens is 4. The number of cyclic esters (lactones) is 1. The topological polar surface area (TPSA) is 62.7 Å². The molecule has 0 bridgehead atoms. The molecule has 3 rings (SSSR count). The molecule has 2 amide bonds. The quantitative estimate of drug-likeness (QED) is 0.730. The highest BCUT2D eigenvalue weighted by molar-refractivity contribution is 6.31. The number of benzene rings is 1. The van der Waals surface area contributed by atoms with Crippen LogP contribution in [-0.2, 0) is 15.7 Å². The van der Waals surface area contributed by atoms with Crippen LogP contribution in [0.15, 0.2) is 30.3 Å². The molecule has 1 fully saturated rings. The molecule has 10 heteroatoms. The Balaban J connectivity index is 1.95. The number of aromatic nitrogens is 1. The van der Waals surface area contributed by atoms with E-state index in [9.17, 15) is 22.8 Å². The van der Waals surface area contributed by atoms with Crippen molar-refractivity contribution in [2.45, 2.75) is 26.1 Å². The molecule has 1 aromatic heterocycles. The second-order valence-corrected chi connectivity index (χ2v) is 7.05. The lowest BCUT2D eigenvalue weighted by Gasteiger charge is -2.26. The maximum absolute atomic E-state index is 13.2. The summed E-state index contributed by atoms with van der Waals surface area (Å²) >= 11 is 6.00. The van der Waals surface area contributed by atoms with Gasteiger partial charge in [-0.25, -0.2) is 14.7 Å². The molecule has 6 nitrogen and oxygen atoms in total. The van der Waals surface area contributed by atoms with Crippen molar-refractivity contribution in [2.75, 3.05) is 23.5 Å². The summed E-state index contributed by atoms with van der Waals surface area (Å²) in [5, 5.41) is 0.527. The van der Waals surface area contributed by atoms with E-state index >= 15 is 0 Å². The third-order valence-corrected chi connectivity index (χ3v) is 4.96. The minimum atomic E-state index is -4.62. The summed E-state index contributed by atoms with van der Waals surface area (Å²) in [7, 11) is 1.50. The minimum absolute atomic E-state index is 0.0578. The number of amides is 2. The fourth-order valence-corrected chi connectivity index (χ4v) is 3.10. The van der Waals surface area contributed by atoms with E-state index in [0.717, 1.165) is 22.6 Å². The van der Waals surface area contributed by atoms with Gasteiger partial charge in [-0.15, -0.1) is 0 Å². The molecule has 29 heavy (non-hydrogen) atoms. The van der Waals surface area contributed by atoms with Crippen molar-refractivity contribution >= 4 is 35.1 Å². The van der Waals surface area contributed by atoms with Crippen molar-refractivity contribution in [3.63, 3.8) is 0 Å². The fraction of sp³-hybridized carbons (Fsp3) is 0.316. The molecule has 0 aliphatic carbocycles. The molecule has 1 aliphatic rings. The summed E-state index contributed by atoms with van der Waals surface area (Å²) in [6.45, 7) is 2.85. The maximum atomic E-state index is 13.2. The predicted molar refractivity (Wildman–Crippen MR) is 101 cm³/mol. The van der Waals surface area contributed by atoms with Crippen molar-refractivity contribution < 1.29 is 27.5 Å². The van der Waals surface area contributed by atoms with Gasteiger partial charge >= 0.3 is 12.3 Å². The molecule has 0 saturated carbocycles. The molecule has 0 radical (unpaired) electrons. The molecule has 1 aliphatic heterocycles. The smallest absolute Gasteiger partial charge is 0.416 e. The van der Waals surface area contributed by atoms with Crippen LogP contribution in [0.3, 0.4) is 0 Å². The number of anilines is 2. The second-order valence-electron chi connectivity index (χ2n) is 6.65. The Morgan fingerprint density at radius 3 is 2.59 bits per heavy atom. The Kier molecular flexibility index (Phi) is 5.44. The van der Waals surface area contributed by atoms with Gasteiger partial charge in [-0.1, -0.05) is 11.6 Å². The van der Waals surface area contributed by atoms with E-state index in [1.165, 1.54) is 18.9 Å². The van der Waals surface area contributed by atoms with Crippen LogP contribution >= 0.6 is 11.6 Å². The van der Waals surface area contributed by atoms with Gasteiger partial charge in [-0.05, 0) is 49.7 Å². The number of hydrogen-bond acceptors (Lipinski definition) is 4. The molecule has 0 spiro atoms. The van der Waals surface area contributed by atoms with E-state index < -0.39 is 29.8 Å². The van der Waals surface area contributed by atoms with Crippen molar-refractivity contribution in [2.24, 2.45) is 0 Å². The van der Waals surface area contributed by atoms with Gasteiger partial charge in [-0.3, -0.25) is 4.79 Å². The van der Waals surface area contributed by atoms with Crippen molar-refractivity contribution in [3.05, 3.63) is 52.2 Å². The molecule has 0 N–H and O–H groups in total. The zero-order chi connectivity index (χ0) is 21.5. The SMILES string of the molecule is Cc1cc(C(F)(F)F)cc(N2C(=O)OC[C@H]2C(=O)N(C)c2ccc(Cl)c(C)c2)n1. The van der Waals surface area contributed by atoms with Crippen LogP contribution in [0.1, 0.15) is 16.8 Å². The summed E-state index contributed by atoms with van der Waals surface area (Å²) in [5.74, 6) is -0.826. The molecule has 154 valence electrons. The van der Waals surface area contributed by atoms with Gasteiger partial charge in [0, 0.05) is 23.5 Å². The zero-order valence-corrected chi connectivity index (χ0v) is 16.5. The first-order chi connectivity index (χ1) is 13.5. The van der Waals surface area contributed by atoms with Gasteiger partial charge in [0.05, 0.1) is 5.56 Å². The molecule has 2 aromatic rings. The highest BCUT2D eigenvalue weighted by atomic mass is 35.5. The third-order valence-electron chi connectivity index (χ3n) is 4.53. The van der Waals surface area contributed by atoms with Crippen LogP contribution in [0, 0.1) is 13.8 Å². The summed E-state index contributed by atoms with van der Waals surface area (Å²) in [5.41, 5.74) is 0.356. The monoisotopic (exact) mass is 427 g/mol. The summed E-state index contributed by atoms with van der Waals surface area (Å²) in [4.78, 5) is 31.4. The summed E-state index contributed by atoms with van der Waals surface area (Å²) in [6.07, 6.45) is -5.56. The van der Waals surface area contributed by atoms with Gasteiger partial charge in [0.2, 0.25) is 0 Å². The average molecular weight is 428 g/mol. The minimum Gasteiger partial charge on any atom is -0.446 e. The first-order valence-electron chi connectivity index (χ1n) is 8.54. The highest BCUT2D eigenvalue weighted by Crippen LogP contribution is 2.33. The van der Waals surface area contributed by atoms with Gasteiger partial charge in [0.1, 0.15) is 12.4 Å². The number of nitrogens with zero attached hydrogens (tertiary/aromatic N) is 3. The molecule has 1 aromatic carbocycles. The van der Waals surface area contributed by atoms with Gasteiger partial charge < -0.3 is 9.64 Å². The third kappa shape index (κ3) is 4.14. The van der Waals surface area contributed by atoms with Gasteiger partial charge in [-0.2, -0.15) is 13.2 Å². The Morgan fingerprint density at radius 2 is 1.97 bits per heavy atom. The number of rotatable bonds is 3. The zero-order valence-electron chi connectivity index (χ0n) is 15.7. The van der Waals surface area contributed by atoms with E-state index in [0.29, 0.717) is 10.7 Å². The Labute approximate surface area is 169 Å². The van der Waals surface area contributed by atoms with Crippen LogP contribution in [-0.4, -0.2) is 36.7 Å². The number of carbonyl (C=O) groups excluding carboxylic acids is 2. The number of ether oxygens (including phenoxy) is 1. The Bertz CT molecular complexity index is 981. The van der Waals surface area contributed by atoms with Crippen LogP contribution < -0.4 is 9.80 Å². The van der Waals surface area contributed by atoms with Gasteiger partial charge in [0.15, 0.2) is 6.04 Å². The molecule has 0 unspecified atom stereocenters. The summed E-state index contributed by atoms with van der Waals surface area (Å²) in [6, 6.07) is 5.38. The lowest BCUT2D eigenvalue weighted by atomic mass is 10.1. The van der Waals surface area contributed by atoms with Crippen LogP contribution in [0.25, 0.3) is 0 Å². The first-order valence-corrected chi connectivity index (χ1v) is 8.92. The highest BCUT2D eigenvalue weighted by Gasteiger charge is 2.43. The average Bonchev–Trinajstić information content (AvgIpc) is 3.03. The number of carbonyl (C=O) groups is 2. The Morgan fingerprint density at radius 1 is 1.28 bits per heavy atom. The molecule has 1 atom stereocenters. The van der Waals surface area contributed by atoms with Crippen molar-refractivity contribution in [3.8, 4) is 0 Å². The normalized spacial score (nSPS) is 16.7. The van der Waals surface area contributed by atoms with Gasteiger partial charge in [0.25, 0.3) is 5.91 Å². The number of alkyl halides is 3. The molecule has 1 saturated heterocycles.